The fourth-order valence-electron chi connectivity index (χ4n) is 3.32. The van der Waals surface area contributed by atoms with Crippen LogP contribution in [0.4, 0.5) is 5.69 Å². The smallest absolute Gasteiger partial charge is 0.243 e. The molecule has 0 unspecified atom stereocenters. The number of aryl methyl sites for hydroxylation is 1. The largest absolute Gasteiger partial charge is 0.346 e. The van der Waals surface area contributed by atoms with Crippen molar-refractivity contribution >= 4 is 45.2 Å². The molecule has 9 heteroatoms. The predicted molar refractivity (Wildman–Crippen MR) is 113 cm³/mol. The molecule has 2 N–H and O–H groups in total. The molecule has 1 saturated carbocycles. The van der Waals surface area contributed by atoms with Gasteiger partial charge in [0.15, 0.2) is 5.16 Å². The third kappa shape index (κ3) is 5.57. The van der Waals surface area contributed by atoms with Crippen LogP contribution in [0.15, 0.2) is 33.9 Å². The highest BCUT2D eigenvalue weighted by Gasteiger charge is 2.21. The van der Waals surface area contributed by atoms with Crippen LogP contribution in [0, 0.1) is 6.92 Å². The van der Waals surface area contributed by atoms with Crippen molar-refractivity contribution in [1.29, 1.82) is 0 Å². The molecular formula is C19H24BrN5O2S. The molecule has 0 atom stereocenters. The van der Waals surface area contributed by atoms with E-state index in [1.165, 1.54) is 31.0 Å². The Bertz CT molecular complexity index is 835. The van der Waals surface area contributed by atoms with Crippen LogP contribution >= 0.6 is 27.7 Å². The van der Waals surface area contributed by atoms with Gasteiger partial charge in [-0.05, 0) is 47.8 Å². The van der Waals surface area contributed by atoms with E-state index in [1.807, 2.05) is 25.1 Å². The number of thioether (sulfide) groups is 1. The van der Waals surface area contributed by atoms with Gasteiger partial charge in [-0.1, -0.05) is 43.2 Å². The van der Waals surface area contributed by atoms with Crippen LogP contribution in [0.1, 0.15) is 44.0 Å². The molecule has 0 radical (unpaired) electrons. The zero-order valence-electron chi connectivity index (χ0n) is 15.8. The van der Waals surface area contributed by atoms with Gasteiger partial charge in [-0.2, -0.15) is 0 Å². The molecule has 1 heterocycles. The summed E-state index contributed by atoms with van der Waals surface area (Å²) in [6.45, 7) is 1.88. The van der Waals surface area contributed by atoms with Gasteiger partial charge >= 0.3 is 0 Å². The molecule has 1 aromatic heterocycles. The number of carbonyl (C=O) groups excluding carboxylic acids is 2. The standard InChI is InChI=1S/C19H24BrN5O2S/c1-13-23-24-19(25(13)14-7-3-2-4-8-14)28-12-18(27)21-11-17(26)22-16-10-6-5-9-15(16)20/h5-6,9-10,14H,2-4,7-8,11-12H2,1H3,(H,21,27)(H,22,26). The number of anilines is 1. The molecule has 0 bridgehead atoms. The molecule has 7 nitrogen and oxygen atoms in total. The minimum absolute atomic E-state index is 0.0743. The number of carbonyl (C=O) groups is 2. The van der Waals surface area contributed by atoms with E-state index in [9.17, 15) is 9.59 Å². The highest BCUT2D eigenvalue weighted by molar-refractivity contribution is 9.10. The van der Waals surface area contributed by atoms with Gasteiger partial charge in [-0.3, -0.25) is 9.59 Å². The molecule has 3 rings (SSSR count). The van der Waals surface area contributed by atoms with Crippen LogP contribution < -0.4 is 10.6 Å². The van der Waals surface area contributed by atoms with Crippen molar-refractivity contribution < 1.29 is 9.59 Å². The first-order valence-electron chi connectivity index (χ1n) is 9.40. The summed E-state index contributed by atoms with van der Waals surface area (Å²) in [5.41, 5.74) is 0.673. The molecule has 2 aromatic rings. The molecular weight excluding hydrogens is 442 g/mol. The van der Waals surface area contributed by atoms with Gasteiger partial charge in [0.2, 0.25) is 11.8 Å². The van der Waals surface area contributed by atoms with Crippen molar-refractivity contribution in [3.05, 3.63) is 34.6 Å². The average molecular weight is 466 g/mol. The van der Waals surface area contributed by atoms with Crippen LogP contribution in [-0.4, -0.2) is 38.9 Å². The van der Waals surface area contributed by atoms with E-state index in [-0.39, 0.29) is 24.1 Å². The average Bonchev–Trinajstić information content (AvgIpc) is 3.07. The number of aromatic nitrogens is 3. The van der Waals surface area contributed by atoms with Crippen molar-refractivity contribution in [2.45, 2.75) is 50.2 Å². The van der Waals surface area contributed by atoms with Crippen molar-refractivity contribution in [2.75, 3.05) is 17.6 Å². The number of rotatable bonds is 7. The lowest BCUT2D eigenvalue weighted by Crippen LogP contribution is -2.34. The molecule has 0 saturated heterocycles. The first kappa shape index (κ1) is 20.9. The summed E-state index contributed by atoms with van der Waals surface area (Å²) in [6.07, 6.45) is 5.99. The quantitative estimate of drug-likeness (QED) is 0.608. The summed E-state index contributed by atoms with van der Waals surface area (Å²) < 4.78 is 2.96. The maximum atomic E-state index is 12.2. The predicted octanol–water partition coefficient (Wildman–Crippen LogP) is 3.70. The van der Waals surface area contributed by atoms with E-state index >= 15 is 0 Å². The number of hydrogen-bond donors (Lipinski definition) is 2. The Hall–Kier alpha value is -1.87. The lowest BCUT2D eigenvalue weighted by molar-refractivity contribution is -0.122. The molecule has 28 heavy (non-hydrogen) atoms. The second kappa shape index (κ2) is 10.1. The highest BCUT2D eigenvalue weighted by atomic mass is 79.9. The second-order valence-corrected chi connectivity index (χ2v) is 8.58. The number of nitrogens with one attached hydrogen (secondary N) is 2. The van der Waals surface area contributed by atoms with E-state index in [1.54, 1.807) is 6.07 Å². The molecule has 1 fully saturated rings. The monoisotopic (exact) mass is 465 g/mol. The SMILES string of the molecule is Cc1nnc(SCC(=O)NCC(=O)Nc2ccccc2Br)n1C1CCCCC1. The Morgan fingerprint density at radius 2 is 1.93 bits per heavy atom. The molecule has 1 aliphatic carbocycles. The van der Waals surface area contributed by atoms with Gasteiger partial charge < -0.3 is 15.2 Å². The highest BCUT2D eigenvalue weighted by Crippen LogP contribution is 2.32. The van der Waals surface area contributed by atoms with E-state index in [4.69, 9.17) is 0 Å². The fraction of sp³-hybridized carbons (Fsp3) is 0.474. The zero-order chi connectivity index (χ0) is 19.9. The summed E-state index contributed by atoms with van der Waals surface area (Å²) in [6, 6.07) is 7.76. The molecule has 0 aliphatic heterocycles. The van der Waals surface area contributed by atoms with Crippen LogP contribution in [0.25, 0.3) is 0 Å². The Morgan fingerprint density at radius 1 is 1.18 bits per heavy atom. The summed E-state index contributed by atoms with van der Waals surface area (Å²) in [5.74, 6) is 0.616. The molecule has 1 aliphatic rings. The maximum Gasteiger partial charge on any atom is 0.243 e. The van der Waals surface area contributed by atoms with E-state index in [0.29, 0.717) is 11.7 Å². The van der Waals surface area contributed by atoms with Gasteiger partial charge in [-0.25, -0.2) is 0 Å². The number of benzene rings is 1. The molecule has 150 valence electrons. The van der Waals surface area contributed by atoms with Gasteiger partial charge in [0.25, 0.3) is 0 Å². The second-order valence-electron chi connectivity index (χ2n) is 6.79. The fourth-order valence-corrected chi connectivity index (χ4v) is 4.59. The van der Waals surface area contributed by atoms with E-state index in [0.717, 1.165) is 28.3 Å². The number of nitrogens with zero attached hydrogens (tertiary/aromatic N) is 3. The first-order valence-corrected chi connectivity index (χ1v) is 11.2. The Kier molecular flexibility index (Phi) is 7.50. The normalized spacial score (nSPS) is 14.6. The van der Waals surface area contributed by atoms with Crippen LogP contribution in [0.3, 0.4) is 0 Å². The van der Waals surface area contributed by atoms with Gasteiger partial charge in [0, 0.05) is 10.5 Å². The number of hydrogen-bond acceptors (Lipinski definition) is 5. The van der Waals surface area contributed by atoms with Crippen molar-refractivity contribution in [1.82, 2.24) is 20.1 Å². The minimum atomic E-state index is -0.272. The molecule has 0 spiro atoms. The Balaban J connectivity index is 1.47. The lowest BCUT2D eigenvalue weighted by atomic mass is 9.95. The molecule has 1 aromatic carbocycles. The Morgan fingerprint density at radius 3 is 2.68 bits per heavy atom. The Labute approximate surface area is 177 Å². The number of halogens is 1. The summed E-state index contributed by atoms with van der Waals surface area (Å²) in [4.78, 5) is 24.2. The zero-order valence-corrected chi connectivity index (χ0v) is 18.2. The van der Waals surface area contributed by atoms with Gasteiger partial charge in [0.05, 0.1) is 18.0 Å². The number of para-hydroxylation sites is 1. The third-order valence-electron chi connectivity index (χ3n) is 4.70. The first-order chi connectivity index (χ1) is 13.5. The van der Waals surface area contributed by atoms with Crippen molar-refractivity contribution in [2.24, 2.45) is 0 Å². The minimum Gasteiger partial charge on any atom is -0.346 e. The summed E-state index contributed by atoms with van der Waals surface area (Å²) in [7, 11) is 0. The number of amides is 2. The van der Waals surface area contributed by atoms with Gasteiger partial charge in [0.1, 0.15) is 5.82 Å². The third-order valence-corrected chi connectivity index (χ3v) is 6.34. The van der Waals surface area contributed by atoms with Gasteiger partial charge in [-0.15, -0.1) is 10.2 Å². The topological polar surface area (TPSA) is 88.9 Å². The van der Waals surface area contributed by atoms with Crippen LogP contribution in [0.5, 0.6) is 0 Å². The van der Waals surface area contributed by atoms with Crippen LogP contribution in [-0.2, 0) is 9.59 Å². The lowest BCUT2D eigenvalue weighted by Gasteiger charge is -2.24. The van der Waals surface area contributed by atoms with Crippen LogP contribution in [0.2, 0.25) is 0 Å². The molecule has 2 amide bonds. The summed E-state index contributed by atoms with van der Waals surface area (Å²) in [5, 5.41) is 14.6. The summed E-state index contributed by atoms with van der Waals surface area (Å²) >= 11 is 4.74. The maximum absolute atomic E-state index is 12.2. The van der Waals surface area contributed by atoms with E-state index in [2.05, 4.69) is 41.3 Å². The van der Waals surface area contributed by atoms with E-state index < -0.39 is 0 Å². The van der Waals surface area contributed by atoms with Crippen molar-refractivity contribution in [3.63, 3.8) is 0 Å². The van der Waals surface area contributed by atoms with Crippen molar-refractivity contribution in [3.8, 4) is 0 Å².